The summed E-state index contributed by atoms with van der Waals surface area (Å²) < 4.78 is 43.1. The van der Waals surface area contributed by atoms with E-state index in [1.807, 2.05) is 0 Å². The summed E-state index contributed by atoms with van der Waals surface area (Å²) in [5.41, 5.74) is -2.62. The van der Waals surface area contributed by atoms with Gasteiger partial charge >= 0.3 is 0 Å². The lowest BCUT2D eigenvalue weighted by Crippen LogP contribution is -2.55. The summed E-state index contributed by atoms with van der Waals surface area (Å²) in [6, 6.07) is 2.87. The van der Waals surface area contributed by atoms with Gasteiger partial charge in [0.2, 0.25) is 0 Å². The van der Waals surface area contributed by atoms with Gasteiger partial charge in [0.15, 0.2) is 17.5 Å². The minimum Gasteiger partial charge on any atom is -0.375 e. The molecular formula is C18H16F3N3. The summed E-state index contributed by atoms with van der Waals surface area (Å²) in [5.74, 6) is -2.37. The minimum absolute atomic E-state index is 0.427. The first-order valence-electron chi connectivity index (χ1n) is 8.25. The Morgan fingerprint density at radius 3 is 1.71 bits per heavy atom. The Morgan fingerprint density at radius 2 is 1.25 bits per heavy atom. The van der Waals surface area contributed by atoms with Gasteiger partial charge in [-0.25, -0.2) is 13.2 Å². The van der Waals surface area contributed by atoms with Gasteiger partial charge in [-0.3, -0.25) is 0 Å². The van der Waals surface area contributed by atoms with Crippen molar-refractivity contribution in [2.45, 2.75) is 44.1 Å². The normalized spacial score (nSPS) is 33.1. The molecule has 0 saturated heterocycles. The maximum atomic E-state index is 14.6. The van der Waals surface area contributed by atoms with E-state index in [4.69, 9.17) is 10.5 Å². The van der Waals surface area contributed by atoms with Crippen molar-refractivity contribution in [2.75, 3.05) is 5.32 Å². The average molecular weight is 331 g/mol. The third-order valence-electron chi connectivity index (χ3n) is 5.97. The molecule has 1 N–H and O–H groups in total. The maximum absolute atomic E-state index is 14.6. The Bertz CT molecular complexity index is 768. The van der Waals surface area contributed by atoms with Crippen LogP contribution < -0.4 is 5.32 Å². The van der Waals surface area contributed by atoms with Crippen molar-refractivity contribution in [2.24, 2.45) is 17.8 Å². The Labute approximate surface area is 138 Å². The molecule has 4 aliphatic rings. The van der Waals surface area contributed by atoms with E-state index in [2.05, 4.69) is 5.32 Å². The van der Waals surface area contributed by atoms with Crippen molar-refractivity contribution >= 4 is 5.69 Å². The van der Waals surface area contributed by atoms with Gasteiger partial charge in [0, 0.05) is 5.54 Å². The molecule has 24 heavy (non-hydrogen) atoms. The van der Waals surface area contributed by atoms with Crippen LogP contribution in [-0.2, 0) is 0 Å². The van der Waals surface area contributed by atoms with E-state index in [9.17, 15) is 13.2 Å². The number of nitriles is 2. The fourth-order valence-corrected chi connectivity index (χ4v) is 5.51. The van der Waals surface area contributed by atoms with E-state index in [1.54, 1.807) is 0 Å². The average Bonchev–Trinajstić information content (AvgIpc) is 2.53. The highest BCUT2D eigenvalue weighted by Gasteiger charge is 2.51. The molecule has 4 fully saturated rings. The van der Waals surface area contributed by atoms with Crippen molar-refractivity contribution in [1.29, 1.82) is 10.5 Å². The van der Waals surface area contributed by atoms with Crippen LogP contribution in [0.1, 0.15) is 49.7 Å². The van der Waals surface area contributed by atoms with Gasteiger partial charge in [-0.1, -0.05) is 0 Å². The standard InChI is InChI=1S/C18H16F3N3/c19-14-12(7-22)13(8-23)15(20)17(16(14)21)24-18-4-9-1-10(5-18)3-11(2-9)6-18/h9-11,24H,1-6H2. The number of hydrogen-bond acceptors (Lipinski definition) is 3. The molecule has 0 amide bonds. The van der Waals surface area contributed by atoms with E-state index in [0.717, 1.165) is 38.5 Å². The summed E-state index contributed by atoms with van der Waals surface area (Å²) in [4.78, 5) is 0. The summed E-state index contributed by atoms with van der Waals surface area (Å²) in [6.07, 6.45) is 5.95. The largest absolute Gasteiger partial charge is 0.375 e. The zero-order valence-corrected chi connectivity index (χ0v) is 13.0. The molecular weight excluding hydrogens is 315 g/mol. The van der Waals surface area contributed by atoms with E-state index < -0.39 is 39.8 Å². The lowest BCUT2D eigenvalue weighted by molar-refractivity contribution is 0.0104. The minimum atomic E-state index is -1.46. The molecule has 0 atom stereocenters. The van der Waals surface area contributed by atoms with Gasteiger partial charge in [-0.15, -0.1) is 0 Å². The first-order chi connectivity index (χ1) is 11.5. The maximum Gasteiger partial charge on any atom is 0.186 e. The van der Waals surface area contributed by atoms with Gasteiger partial charge in [0.25, 0.3) is 0 Å². The monoisotopic (exact) mass is 331 g/mol. The first kappa shape index (κ1) is 15.3. The molecule has 0 aliphatic heterocycles. The summed E-state index contributed by atoms with van der Waals surface area (Å²) >= 11 is 0. The van der Waals surface area contributed by atoms with Crippen LogP contribution in [0.2, 0.25) is 0 Å². The van der Waals surface area contributed by atoms with Gasteiger partial charge in [-0.2, -0.15) is 10.5 Å². The summed E-state index contributed by atoms with van der Waals surface area (Å²) in [7, 11) is 0. The second kappa shape index (κ2) is 5.14. The van der Waals surface area contributed by atoms with Crippen molar-refractivity contribution in [3.63, 3.8) is 0 Å². The highest BCUT2D eigenvalue weighted by atomic mass is 19.2. The quantitative estimate of drug-likeness (QED) is 0.825. The number of anilines is 1. The van der Waals surface area contributed by atoms with Crippen LogP contribution in [0.4, 0.5) is 18.9 Å². The van der Waals surface area contributed by atoms with Crippen LogP contribution in [0.3, 0.4) is 0 Å². The van der Waals surface area contributed by atoms with Crippen LogP contribution in [0.5, 0.6) is 0 Å². The highest BCUT2D eigenvalue weighted by Crippen LogP contribution is 2.56. The van der Waals surface area contributed by atoms with Crippen LogP contribution in [0.25, 0.3) is 0 Å². The van der Waals surface area contributed by atoms with Crippen LogP contribution in [0.15, 0.2) is 0 Å². The van der Waals surface area contributed by atoms with Gasteiger partial charge < -0.3 is 5.32 Å². The molecule has 6 heteroatoms. The predicted octanol–water partition coefficient (Wildman–Crippen LogP) is 4.23. The molecule has 124 valence electrons. The summed E-state index contributed by atoms with van der Waals surface area (Å²) in [6.45, 7) is 0. The molecule has 5 rings (SSSR count). The first-order valence-corrected chi connectivity index (χ1v) is 8.25. The highest BCUT2D eigenvalue weighted by molar-refractivity contribution is 5.60. The van der Waals surface area contributed by atoms with E-state index >= 15 is 0 Å². The molecule has 0 radical (unpaired) electrons. The zero-order valence-electron chi connectivity index (χ0n) is 13.0. The second-order valence-electron chi connectivity index (χ2n) is 7.61. The molecule has 0 unspecified atom stereocenters. The van der Waals surface area contributed by atoms with Crippen molar-refractivity contribution < 1.29 is 13.2 Å². The van der Waals surface area contributed by atoms with E-state index in [-0.39, 0.29) is 0 Å². The molecule has 1 aromatic carbocycles. The fraction of sp³-hybridized carbons (Fsp3) is 0.556. The molecule has 4 saturated carbocycles. The predicted molar refractivity (Wildman–Crippen MR) is 80.3 cm³/mol. The number of nitrogens with one attached hydrogen (secondary N) is 1. The Hall–Kier alpha value is -2.21. The van der Waals surface area contributed by atoms with Gasteiger partial charge in [0.05, 0.1) is 0 Å². The Morgan fingerprint density at radius 1 is 0.792 bits per heavy atom. The number of halogens is 3. The topological polar surface area (TPSA) is 59.6 Å². The lowest BCUT2D eigenvalue weighted by Gasteiger charge is -2.57. The van der Waals surface area contributed by atoms with Crippen molar-refractivity contribution in [1.82, 2.24) is 0 Å². The fourth-order valence-electron chi connectivity index (χ4n) is 5.51. The van der Waals surface area contributed by atoms with Crippen LogP contribution in [0, 0.1) is 57.9 Å². The Balaban J connectivity index is 1.77. The third-order valence-corrected chi connectivity index (χ3v) is 5.97. The molecule has 4 bridgehead atoms. The molecule has 4 aliphatic carbocycles. The lowest BCUT2D eigenvalue weighted by atomic mass is 9.53. The SMILES string of the molecule is N#Cc1c(F)c(F)c(NC23CC4CC(CC(C4)C2)C3)c(F)c1C#N. The number of rotatable bonds is 2. The van der Waals surface area contributed by atoms with Crippen LogP contribution in [-0.4, -0.2) is 5.54 Å². The zero-order chi connectivity index (χ0) is 17.1. The molecule has 0 heterocycles. The van der Waals surface area contributed by atoms with Crippen molar-refractivity contribution in [3.05, 3.63) is 28.6 Å². The smallest absolute Gasteiger partial charge is 0.186 e. The molecule has 0 spiro atoms. The molecule has 3 nitrogen and oxygen atoms in total. The number of nitrogens with zero attached hydrogens (tertiary/aromatic N) is 2. The number of hydrogen-bond donors (Lipinski definition) is 1. The molecule has 0 aromatic heterocycles. The van der Waals surface area contributed by atoms with Crippen molar-refractivity contribution in [3.8, 4) is 12.1 Å². The second-order valence-corrected chi connectivity index (χ2v) is 7.61. The van der Waals surface area contributed by atoms with E-state index in [0.29, 0.717) is 17.8 Å². The Kier molecular flexibility index (Phi) is 3.28. The number of benzene rings is 1. The summed E-state index contributed by atoms with van der Waals surface area (Å²) in [5, 5.41) is 20.9. The van der Waals surface area contributed by atoms with Gasteiger partial charge in [0.1, 0.15) is 29.0 Å². The van der Waals surface area contributed by atoms with E-state index in [1.165, 1.54) is 12.1 Å². The van der Waals surface area contributed by atoms with Gasteiger partial charge in [-0.05, 0) is 56.3 Å². The van der Waals surface area contributed by atoms with Crippen LogP contribution >= 0.6 is 0 Å². The molecule has 1 aromatic rings. The third kappa shape index (κ3) is 2.09.